The lowest BCUT2D eigenvalue weighted by Gasteiger charge is -2.16. The fourth-order valence-electron chi connectivity index (χ4n) is 2.00. The number of carbonyl (C=O) groups is 3. The number of esters is 2. The molecule has 0 spiro atoms. The van der Waals surface area contributed by atoms with Crippen molar-refractivity contribution in [2.45, 2.75) is 47.6 Å². The highest BCUT2D eigenvalue weighted by Gasteiger charge is 2.23. The molecule has 0 aliphatic heterocycles. The summed E-state index contributed by atoms with van der Waals surface area (Å²) in [5.41, 5.74) is 0.321. The molecule has 7 nitrogen and oxygen atoms in total. The molecule has 0 aliphatic rings. The van der Waals surface area contributed by atoms with Gasteiger partial charge in [0.2, 0.25) is 0 Å². The van der Waals surface area contributed by atoms with Gasteiger partial charge in [-0.2, -0.15) is 0 Å². The fourth-order valence-corrected chi connectivity index (χ4v) is 2.45. The number of ether oxygens (including phenoxy) is 2. The molecule has 154 valence electrons. The van der Waals surface area contributed by atoms with Crippen molar-refractivity contribution in [2.24, 2.45) is 22.7 Å². The highest BCUT2D eigenvalue weighted by Crippen LogP contribution is 2.35. The van der Waals surface area contributed by atoms with Gasteiger partial charge in [-0.3, -0.25) is 14.6 Å². The zero-order chi connectivity index (χ0) is 21.6. The van der Waals surface area contributed by atoms with Crippen LogP contribution < -0.4 is 9.47 Å². The quantitative estimate of drug-likeness (QED) is 0.359. The number of carboxylic acids is 1. The van der Waals surface area contributed by atoms with Crippen molar-refractivity contribution in [1.82, 2.24) is 0 Å². The monoisotopic (exact) mass is 455 g/mol. The molecule has 1 rings (SSSR count). The molecular formula is C20H26BrNO6. The van der Waals surface area contributed by atoms with Gasteiger partial charge in [0.25, 0.3) is 0 Å². The highest BCUT2D eigenvalue weighted by molar-refractivity contribution is 9.10. The van der Waals surface area contributed by atoms with Crippen LogP contribution in [0.1, 0.15) is 47.1 Å². The summed E-state index contributed by atoms with van der Waals surface area (Å²) >= 11 is 3.32. The Hall–Kier alpha value is -2.22. The zero-order valence-electron chi connectivity index (χ0n) is 16.9. The Kier molecular flexibility index (Phi) is 8.81. The molecule has 1 aromatic rings. The van der Waals surface area contributed by atoms with Gasteiger partial charge in [0.15, 0.2) is 11.5 Å². The maximum atomic E-state index is 12.2. The number of benzene rings is 1. The number of aliphatic imine (C=N–C) groups is 1. The first-order chi connectivity index (χ1) is 12.9. The standard InChI is InChI=1S/C20H26BrNO6/c1-10(2)16(18(23)24)22-9-13-7-14(21)8-15(27-19(25)11(3)4)17(13)28-20(26)12(5)6/h7-12,16H,1-6H3,(H,23,24). The summed E-state index contributed by atoms with van der Waals surface area (Å²) in [5, 5.41) is 9.32. The number of rotatable bonds is 8. The molecule has 0 bridgehead atoms. The van der Waals surface area contributed by atoms with Crippen LogP contribution in [0.2, 0.25) is 0 Å². The van der Waals surface area contributed by atoms with Gasteiger partial charge in [0, 0.05) is 16.3 Å². The molecule has 0 heterocycles. The van der Waals surface area contributed by atoms with Gasteiger partial charge >= 0.3 is 17.9 Å². The summed E-state index contributed by atoms with van der Waals surface area (Å²) in [5.74, 6) is -3.03. The van der Waals surface area contributed by atoms with E-state index in [-0.39, 0.29) is 23.3 Å². The zero-order valence-corrected chi connectivity index (χ0v) is 18.4. The number of carboxylic acid groups (broad SMARTS) is 1. The van der Waals surface area contributed by atoms with Crippen LogP contribution in [0.25, 0.3) is 0 Å². The van der Waals surface area contributed by atoms with E-state index in [1.54, 1.807) is 47.6 Å². The lowest BCUT2D eigenvalue weighted by molar-refractivity contribution is -0.140. The number of nitrogens with zero attached hydrogens (tertiary/aromatic N) is 1. The molecule has 1 atom stereocenters. The molecule has 0 aliphatic carbocycles. The van der Waals surface area contributed by atoms with Crippen LogP contribution in [-0.2, 0) is 14.4 Å². The molecule has 0 fully saturated rings. The molecule has 1 aromatic carbocycles. The minimum absolute atomic E-state index is 0.0209. The van der Waals surface area contributed by atoms with Crippen LogP contribution in [0.4, 0.5) is 0 Å². The Morgan fingerprint density at radius 3 is 2.00 bits per heavy atom. The van der Waals surface area contributed by atoms with Crippen molar-refractivity contribution < 1.29 is 29.0 Å². The van der Waals surface area contributed by atoms with E-state index in [1.165, 1.54) is 12.3 Å². The molecule has 1 N–H and O–H groups in total. The molecule has 1 unspecified atom stereocenters. The Morgan fingerprint density at radius 2 is 1.54 bits per heavy atom. The Balaban J connectivity index is 3.47. The highest BCUT2D eigenvalue weighted by atomic mass is 79.9. The molecule has 0 saturated heterocycles. The predicted octanol–water partition coefficient (Wildman–Crippen LogP) is 4.10. The molecule has 0 amide bonds. The molecule has 0 saturated carbocycles. The minimum atomic E-state index is -1.06. The smallest absolute Gasteiger partial charge is 0.328 e. The van der Waals surface area contributed by atoms with Crippen LogP contribution in [0.15, 0.2) is 21.6 Å². The number of hydrogen-bond acceptors (Lipinski definition) is 6. The molecule has 0 radical (unpaired) electrons. The van der Waals surface area contributed by atoms with Gasteiger partial charge in [-0.1, -0.05) is 57.5 Å². The summed E-state index contributed by atoms with van der Waals surface area (Å²) in [6, 6.07) is 2.16. The third-order valence-electron chi connectivity index (χ3n) is 3.66. The van der Waals surface area contributed by atoms with Crippen molar-refractivity contribution in [1.29, 1.82) is 0 Å². The maximum Gasteiger partial charge on any atom is 0.328 e. The van der Waals surface area contributed by atoms with E-state index in [0.717, 1.165) is 0 Å². The van der Waals surface area contributed by atoms with E-state index in [9.17, 15) is 19.5 Å². The maximum absolute atomic E-state index is 12.2. The van der Waals surface area contributed by atoms with Gasteiger partial charge in [-0.25, -0.2) is 4.79 Å². The van der Waals surface area contributed by atoms with E-state index in [2.05, 4.69) is 20.9 Å². The first kappa shape index (κ1) is 23.8. The van der Waals surface area contributed by atoms with Gasteiger partial charge in [0.1, 0.15) is 6.04 Å². The van der Waals surface area contributed by atoms with Crippen molar-refractivity contribution in [3.63, 3.8) is 0 Å². The van der Waals surface area contributed by atoms with Gasteiger partial charge < -0.3 is 14.6 Å². The van der Waals surface area contributed by atoms with Crippen LogP contribution in [0.5, 0.6) is 11.5 Å². The second kappa shape index (κ2) is 10.4. The second-order valence-electron chi connectivity index (χ2n) is 7.28. The van der Waals surface area contributed by atoms with Crippen LogP contribution >= 0.6 is 15.9 Å². The Bertz CT molecular complexity index is 770. The number of halogens is 1. The predicted molar refractivity (Wildman–Crippen MR) is 109 cm³/mol. The average Bonchev–Trinajstić information content (AvgIpc) is 2.56. The summed E-state index contributed by atoms with van der Waals surface area (Å²) < 4.78 is 11.4. The topological polar surface area (TPSA) is 102 Å². The van der Waals surface area contributed by atoms with Gasteiger partial charge in [-0.15, -0.1) is 0 Å². The van der Waals surface area contributed by atoms with Gasteiger partial charge in [0.05, 0.1) is 11.8 Å². The number of carbonyl (C=O) groups excluding carboxylic acids is 2. The summed E-state index contributed by atoms with van der Waals surface area (Å²) in [6.07, 6.45) is 1.32. The first-order valence-corrected chi connectivity index (χ1v) is 9.76. The van der Waals surface area contributed by atoms with Gasteiger partial charge in [-0.05, 0) is 18.1 Å². The van der Waals surface area contributed by atoms with Crippen molar-refractivity contribution in [3.8, 4) is 11.5 Å². The van der Waals surface area contributed by atoms with E-state index >= 15 is 0 Å². The van der Waals surface area contributed by atoms with E-state index in [0.29, 0.717) is 10.0 Å². The number of aliphatic carboxylic acids is 1. The Morgan fingerprint density at radius 1 is 1.00 bits per heavy atom. The lowest BCUT2D eigenvalue weighted by atomic mass is 10.1. The van der Waals surface area contributed by atoms with Crippen LogP contribution in [-0.4, -0.2) is 35.3 Å². The van der Waals surface area contributed by atoms with E-state index in [1.807, 2.05) is 0 Å². The minimum Gasteiger partial charge on any atom is -0.480 e. The largest absolute Gasteiger partial charge is 0.480 e. The van der Waals surface area contributed by atoms with E-state index < -0.39 is 29.9 Å². The van der Waals surface area contributed by atoms with Crippen LogP contribution in [0, 0.1) is 17.8 Å². The van der Waals surface area contributed by atoms with Crippen molar-refractivity contribution in [3.05, 3.63) is 22.2 Å². The molecule has 8 heteroatoms. The summed E-state index contributed by atoms with van der Waals surface area (Å²) in [4.78, 5) is 39.7. The number of hydrogen-bond donors (Lipinski definition) is 1. The lowest BCUT2D eigenvalue weighted by Crippen LogP contribution is -2.24. The SMILES string of the molecule is CC(C)C(=O)Oc1cc(Br)cc(C=NC(C(=O)O)C(C)C)c1OC(=O)C(C)C. The van der Waals surface area contributed by atoms with Crippen molar-refractivity contribution >= 4 is 40.1 Å². The van der Waals surface area contributed by atoms with Crippen LogP contribution in [0.3, 0.4) is 0 Å². The van der Waals surface area contributed by atoms with E-state index in [4.69, 9.17) is 9.47 Å². The Labute approximate surface area is 173 Å². The third kappa shape index (κ3) is 6.74. The first-order valence-electron chi connectivity index (χ1n) is 8.96. The normalized spacial score (nSPS) is 12.6. The molecular weight excluding hydrogens is 430 g/mol. The van der Waals surface area contributed by atoms with Crippen molar-refractivity contribution in [2.75, 3.05) is 0 Å². The second-order valence-corrected chi connectivity index (χ2v) is 8.19. The average molecular weight is 456 g/mol. The fraction of sp³-hybridized carbons (Fsp3) is 0.500. The summed E-state index contributed by atoms with van der Waals surface area (Å²) in [6.45, 7) is 10.2. The molecule has 28 heavy (non-hydrogen) atoms. The molecule has 0 aromatic heterocycles. The third-order valence-corrected chi connectivity index (χ3v) is 4.12. The summed E-state index contributed by atoms with van der Waals surface area (Å²) in [7, 11) is 0.